The third-order valence-corrected chi connectivity index (χ3v) is 7.57. The highest BCUT2D eigenvalue weighted by atomic mass is 16.2. The number of nitrogens with zero attached hydrogens (tertiary/aromatic N) is 2. The molecule has 5 rings (SSSR count). The van der Waals surface area contributed by atoms with E-state index in [1.54, 1.807) is 6.92 Å². The van der Waals surface area contributed by atoms with Gasteiger partial charge in [-0.05, 0) is 68.6 Å². The normalized spacial score (nSPS) is 38.6. The molecule has 4 bridgehead atoms. The van der Waals surface area contributed by atoms with Crippen molar-refractivity contribution in [3.63, 3.8) is 0 Å². The van der Waals surface area contributed by atoms with E-state index in [2.05, 4.69) is 17.1 Å². The smallest absolute Gasteiger partial charge is 0.234 e. The number of piperazine rings is 1. The Morgan fingerprint density at radius 2 is 1.52 bits per heavy atom. The molecule has 5 heteroatoms. The number of hydrogen-bond donors (Lipinski definition) is 1. The number of carbonyl (C=O) groups excluding carboxylic acids is 2. The topological polar surface area (TPSA) is 52.7 Å². The van der Waals surface area contributed by atoms with E-state index < -0.39 is 0 Å². The molecule has 5 nitrogen and oxygen atoms in total. The molecule has 1 atom stereocenters. The number of amides is 2. The van der Waals surface area contributed by atoms with Gasteiger partial charge in [-0.2, -0.15) is 0 Å². The second-order valence-electron chi connectivity index (χ2n) is 9.35. The molecule has 1 aliphatic heterocycles. The maximum Gasteiger partial charge on any atom is 0.234 e. The highest BCUT2D eigenvalue weighted by molar-refractivity contribution is 5.78. The molecule has 25 heavy (non-hydrogen) atoms. The zero-order chi connectivity index (χ0) is 17.6. The van der Waals surface area contributed by atoms with Gasteiger partial charge in [0, 0.05) is 39.1 Å². The molecule has 0 unspecified atom stereocenters. The van der Waals surface area contributed by atoms with Gasteiger partial charge < -0.3 is 10.2 Å². The summed E-state index contributed by atoms with van der Waals surface area (Å²) in [6, 6.07) is 0.298. The van der Waals surface area contributed by atoms with Gasteiger partial charge in [-0.15, -0.1) is 0 Å². The second kappa shape index (κ2) is 6.57. The molecule has 4 saturated carbocycles. The third kappa shape index (κ3) is 3.44. The first-order valence-electron chi connectivity index (χ1n) is 10.2. The van der Waals surface area contributed by atoms with Crippen molar-refractivity contribution in [2.75, 3.05) is 32.7 Å². The van der Waals surface area contributed by atoms with Gasteiger partial charge in [0.2, 0.25) is 11.8 Å². The van der Waals surface area contributed by atoms with E-state index >= 15 is 0 Å². The quantitative estimate of drug-likeness (QED) is 0.845. The van der Waals surface area contributed by atoms with Crippen molar-refractivity contribution in [1.29, 1.82) is 0 Å². The summed E-state index contributed by atoms with van der Waals surface area (Å²) in [5.41, 5.74) is 0.373. The molecule has 2 amide bonds. The first-order chi connectivity index (χ1) is 11.9. The molecule has 0 aromatic rings. The minimum Gasteiger partial charge on any atom is -0.352 e. The van der Waals surface area contributed by atoms with Gasteiger partial charge in [0.15, 0.2) is 0 Å². The maximum absolute atomic E-state index is 12.6. The predicted molar refractivity (Wildman–Crippen MR) is 96.9 cm³/mol. The molecule has 1 saturated heterocycles. The van der Waals surface area contributed by atoms with Gasteiger partial charge in [-0.25, -0.2) is 0 Å². The molecule has 5 aliphatic rings. The molecule has 0 aromatic heterocycles. The van der Waals surface area contributed by atoms with Crippen LogP contribution < -0.4 is 5.32 Å². The van der Waals surface area contributed by atoms with E-state index in [1.807, 2.05) is 4.90 Å². The Hall–Kier alpha value is -1.10. The lowest BCUT2D eigenvalue weighted by atomic mass is 9.48. The Kier molecular flexibility index (Phi) is 4.55. The molecule has 0 aromatic carbocycles. The summed E-state index contributed by atoms with van der Waals surface area (Å²) < 4.78 is 0. The summed E-state index contributed by atoms with van der Waals surface area (Å²) in [4.78, 5) is 28.1. The average Bonchev–Trinajstić information content (AvgIpc) is 2.54. The van der Waals surface area contributed by atoms with Gasteiger partial charge in [0.25, 0.3) is 0 Å². The van der Waals surface area contributed by atoms with Crippen LogP contribution in [0.4, 0.5) is 0 Å². The van der Waals surface area contributed by atoms with Crippen LogP contribution in [0.1, 0.15) is 52.4 Å². The summed E-state index contributed by atoms with van der Waals surface area (Å²) in [7, 11) is 0. The fraction of sp³-hybridized carbons (Fsp3) is 0.900. The summed E-state index contributed by atoms with van der Waals surface area (Å²) in [6.45, 7) is 7.44. The average molecular weight is 348 g/mol. The molecule has 0 spiro atoms. The molecule has 140 valence electrons. The minimum absolute atomic E-state index is 0.138. The van der Waals surface area contributed by atoms with E-state index in [4.69, 9.17) is 0 Å². The van der Waals surface area contributed by atoms with Gasteiger partial charge in [-0.3, -0.25) is 14.5 Å². The molecule has 1 heterocycles. The standard InChI is InChI=1S/C20H33N3O2/c1-14(20-10-16-7-17(11-20)9-18(8-16)12-20)21-19(25)13-22-3-5-23(6-4-22)15(2)24/h14,16-18H,3-13H2,1-2H3,(H,21,25)/t14-,16?,17?,18?,20?/m0/s1. The molecular formula is C20H33N3O2. The van der Waals surface area contributed by atoms with E-state index in [0.717, 1.165) is 43.9 Å². The highest BCUT2D eigenvalue weighted by Gasteiger charge is 2.53. The first kappa shape index (κ1) is 17.3. The largest absolute Gasteiger partial charge is 0.352 e. The fourth-order valence-electron chi connectivity index (χ4n) is 6.57. The highest BCUT2D eigenvalue weighted by Crippen LogP contribution is 2.61. The van der Waals surface area contributed by atoms with Gasteiger partial charge in [0.05, 0.1) is 6.54 Å². The van der Waals surface area contributed by atoms with E-state index in [1.165, 1.54) is 38.5 Å². The Balaban J connectivity index is 1.29. The number of hydrogen-bond acceptors (Lipinski definition) is 3. The SMILES string of the molecule is CC(=O)N1CCN(CC(=O)N[C@@H](C)C23CC4CC(CC(C4)C2)C3)CC1. The zero-order valence-electron chi connectivity index (χ0n) is 15.8. The first-order valence-corrected chi connectivity index (χ1v) is 10.2. The van der Waals surface area contributed by atoms with Crippen LogP contribution in [0.15, 0.2) is 0 Å². The monoisotopic (exact) mass is 347 g/mol. The van der Waals surface area contributed by atoms with Crippen LogP contribution in [-0.2, 0) is 9.59 Å². The van der Waals surface area contributed by atoms with Crippen molar-refractivity contribution in [3.05, 3.63) is 0 Å². The molecule has 0 radical (unpaired) electrons. The molecular weight excluding hydrogens is 314 g/mol. The minimum atomic E-state index is 0.138. The van der Waals surface area contributed by atoms with E-state index in [-0.39, 0.29) is 11.8 Å². The number of carbonyl (C=O) groups is 2. The predicted octanol–water partition coefficient (Wildman–Crippen LogP) is 1.87. The van der Waals surface area contributed by atoms with Gasteiger partial charge in [0.1, 0.15) is 0 Å². The summed E-state index contributed by atoms with van der Waals surface area (Å²) >= 11 is 0. The van der Waals surface area contributed by atoms with Crippen LogP contribution >= 0.6 is 0 Å². The van der Waals surface area contributed by atoms with Crippen LogP contribution in [-0.4, -0.2) is 60.4 Å². The van der Waals surface area contributed by atoms with Crippen molar-refractivity contribution in [1.82, 2.24) is 15.1 Å². The van der Waals surface area contributed by atoms with Crippen LogP contribution in [0.2, 0.25) is 0 Å². The molecule has 4 aliphatic carbocycles. The number of nitrogens with one attached hydrogen (secondary N) is 1. The van der Waals surface area contributed by atoms with Crippen molar-refractivity contribution < 1.29 is 9.59 Å². The summed E-state index contributed by atoms with van der Waals surface area (Å²) in [6.07, 6.45) is 8.33. The van der Waals surface area contributed by atoms with Gasteiger partial charge >= 0.3 is 0 Å². The van der Waals surface area contributed by atoms with Crippen molar-refractivity contribution in [2.45, 2.75) is 58.4 Å². The van der Waals surface area contributed by atoms with Crippen LogP contribution in [0.3, 0.4) is 0 Å². The van der Waals surface area contributed by atoms with Crippen molar-refractivity contribution in [3.8, 4) is 0 Å². The summed E-state index contributed by atoms with van der Waals surface area (Å²) in [5.74, 6) is 3.07. The Bertz CT molecular complexity index is 504. The lowest BCUT2D eigenvalue weighted by Crippen LogP contribution is -2.57. The molecule has 5 fully saturated rings. The van der Waals surface area contributed by atoms with E-state index in [0.29, 0.717) is 18.0 Å². The summed E-state index contributed by atoms with van der Waals surface area (Å²) in [5, 5.41) is 3.36. The third-order valence-electron chi connectivity index (χ3n) is 7.57. The lowest BCUT2D eigenvalue weighted by molar-refractivity contribution is -0.131. The van der Waals surface area contributed by atoms with E-state index in [9.17, 15) is 9.59 Å². The lowest BCUT2D eigenvalue weighted by Gasteiger charge is -2.59. The maximum atomic E-state index is 12.6. The number of rotatable bonds is 4. The molecule has 1 N–H and O–H groups in total. The fourth-order valence-corrected chi connectivity index (χ4v) is 6.57. The Morgan fingerprint density at radius 1 is 1.00 bits per heavy atom. The second-order valence-corrected chi connectivity index (χ2v) is 9.35. The van der Waals surface area contributed by atoms with Gasteiger partial charge in [-0.1, -0.05) is 0 Å². The van der Waals surface area contributed by atoms with Crippen molar-refractivity contribution >= 4 is 11.8 Å². The van der Waals surface area contributed by atoms with Crippen LogP contribution in [0.5, 0.6) is 0 Å². The van der Waals surface area contributed by atoms with Crippen LogP contribution in [0, 0.1) is 23.2 Å². The Morgan fingerprint density at radius 3 is 2.00 bits per heavy atom. The Labute approximate surface area is 151 Å². The van der Waals surface area contributed by atoms with Crippen molar-refractivity contribution in [2.24, 2.45) is 23.2 Å². The zero-order valence-corrected chi connectivity index (χ0v) is 15.8. The van der Waals surface area contributed by atoms with Crippen LogP contribution in [0.25, 0.3) is 0 Å².